The highest BCUT2D eigenvalue weighted by molar-refractivity contribution is 5.73. The number of amides is 2. The molecule has 5 heteroatoms. The van der Waals surface area contributed by atoms with Crippen LogP contribution in [0.15, 0.2) is 0 Å². The summed E-state index contributed by atoms with van der Waals surface area (Å²) in [4.78, 5) is 15.9. The van der Waals surface area contributed by atoms with Gasteiger partial charge in [-0.25, -0.2) is 4.79 Å². The maximum atomic E-state index is 11.8. The Morgan fingerprint density at radius 1 is 1.33 bits per heavy atom. The van der Waals surface area contributed by atoms with Crippen LogP contribution in [0.2, 0.25) is 0 Å². The number of nitrogens with zero attached hydrogens (tertiary/aromatic N) is 2. The van der Waals surface area contributed by atoms with Gasteiger partial charge in [-0.1, -0.05) is 6.92 Å². The van der Waals surface area contributed by atoms with E-state index in [1.165, 1.54) is 30.8 Å². The molecule has 0 unspecified atom stereocenters. The molecule has 0 atom stereocenters. The fourth-order valence-electron chi connectivity index (χ4n) is 2.73. The number of urea groups is 1. The van der Waals surface area contributed by atoms with Crippen molar-refractivity contribution in [2.24, 2.45) is 5.92 Å². The molecular formula is C16H33N3O2. The second-order valence-electron chi connectivity index (χ2n) is 7.13. The molecule has 1 saturated heterocycles. The molecule has 2 N–H and O–H groups in total. The van der Waals surface area contributed by atoms with Gasteiger partial charge in [-0.05, 0) is 65.1 Å². The van der Waals surface area contributed by atoms with Crippen LogP contribution in [-0.2, 0) is 0 Å². The minimum Gasteiger partial charge on any atom is -0.389 e. The summed E-state index contributed by atoms with van der Waals surface area (Å²) >= 11 is 0. The third kappa shape index (κ3) is 8.27. The molecule has 0 spiro atoms. The van der Waals surface area contributed by atoms with Crippen molar-refractivity contribution in [2.45, 2.75) is 52.1 Å². The van der Waals surface area contributed by atoms with E-state index in [4.69, 9.17) is 0 Å². The van der Waals surface area contributed by atoms with Gasteiger partial charge in [-0.15, -0.1) is 0 Å². The zero-order chi connectivity index (χ0) is 15.9. The van der Waals surface area contributed by atoms with Gasteiger partial charge >= 0.3 is 6.03 Å². The fraction of sp³-hybridized carbons (Fsp3) is 0.938. The van der Waals surface area contributed by atoms with Gasteiger partial charge in [0, 0.05) is 13.6 Å². The SMILES string of the molecule is CC1CCN(CCCCNC(=O)N(C)CC(C)(C)O)CC1. The monoisotopic (exact) mass is 299 g/mol. The van der Waals surface area contributed by atoms with E-state index in [1.54, 1.807) is 20.9 Å². The predicted octanol–water partition coefficient (Wildman–Crippen LogP) is 1.91. The molecule has 5 nitrogen and oxygen atoms in total. The van der Waals surface area contributed by atoms with E-state index in [9.17, 15) is 9.90 Å². The van der Waals surface area contributed by atoms with E-state index >= 15 is 0 Å². The Morgan fingerprint density at radius 3 is 2.52 bits per heavy atom. The Morgan fingerprint density at radius 2 is 1.95 bits per heavy atom. The lowest BCUT2D eigenvalue weighted by molar-refractivity contribution is 0.0532. The van der Waals surface area contributed by atoms with Gasteiger partial charge < -0.3 is 20.2 Å². The van der Waals surface area contributed by atoms with Crippen molar-refractivity contribution >= 4 is 6.03 Å². The summed E-state index contributed by atoms with van der Waals surface area (Å²) in [5, 5.41) is 12.6. The summed E-state index contributed by atoms with van der Waals surface area (Å²) in [5.41, 5.74) is -0.850. The molecule has 1 aliphatic heterocycles. The fourth-order valence-corrected chi connectivity index (χ4v) is 2.73. The number of hydrogen-bond acceptors (Lipinski definition) is 3. The van der Waals surface area contributed by atoms with Crippen LogP contribution in [0.1, 0.15) is 46.5 Å². The second kappa shape index (κ2) is 8.59. The quantitative estimate of drug-likeness (QED) is 0.706. The minimum absolute atomic E-state index is 0.107. The molecule has 1 aliphatic rings. The normalized spacial score (nSPS) is 17.8. The molecular weight excluding hydrogens is 266 g/mol. The zero-order valence-electron chi connectivity index (χ0n) is 14.2. The zero-order valence-corrected chi connectivity index (χ0v) is 14.2. The number of unbranched alkanes of at least 4 members (excludes halogenated alkanes) is 1. The summed E-state index contributed by atoms with van der Waals surface area (Å²) in [7, 11) is 1.71. The van der Waals surface area contributed by atoms with Crippen molar-refractivity contribution in [2.75, 3.05) is 39.8 Å². The summed E-state index contributed by atoms with van der Waals surface area (Å²) in [6.07, 6.45) is 4.77. The minimum atomic E-state index is -0.850. The number of likely N-dealkylation sites (N-methyl/N-ethyl adjacent to an activating group) is 1. The van der Waals surface area contributed by atoms with Crippen LogP contribution >= 0.6 is 0 Å². The van der Waals surface area contributed by atoms with Crippen LogP contribution in [0.5, 0.6) is 0 Å². The van der Waals surface area contributed by atoms with E-state index in [2.05, 4.69) is 17.1 Å². The Bertz CT molecular complexity index is 307. The first-order chi connectivity index (χ1) is 9.78. The highest BCUT2D eigenvalue weighted by Crippen LogP contribution is 2.16. The average Bonchev–Trinajstić information content (AvgIpc) is 2.38. The summed E-state index contributed by atoms with van der Waals surface area (Å²) < 4.78 is 0. The first kappa shape index (κ1) is 18.2. The number of carbonyl (C=O) groups is 1. The van der Waals surface area contributed by atoms with Crippen LogP contribution in [-0.4, -0.2) is 66.3 Å². The van der Waals surface area contributed by atoms with Crippen molar-refractivity contribution in [3.63, 3.8) is 0 Å². The maximum Gasteiger partial charge on any atom is 0.317 e. The standard InChI is InChI=1S/C16H33N3O2/c1-14-7-11-19(12-8-14)10-6-5-9-17-15(20)18(4)13-16(2,3)21/h14,21H,5-13H2,1-4H3,(H,17,20). The Kier molecular flexibility index (Phi) is 7.46. The molecule has 2 amide bonds. The molecule has 0 radical (unpaired) electrons. The lowest BCUT2D eigenvalue weighted by atomic mass is 9.99. The van der Waals surface area contributed by atoms with Crippen LogP contribution in [0.25, 0.3) is 0 Å². The number of aliphatic hydroxyl groups is 1. The maximum absolute atomic E-state index is 11.8. The van der Waals surface area contributed by atoms with Crippen molar-refractivity contribution < 1.29 is 9.90 Å². The van der Waals surface area contributed by atoms with Crippen LogP contribution in [0.4, 0.5) is 4.79 Å². The smallest absolute Gasteiger partial charge is 0.317 e. The summed E-state index contributed by atoms with van der Waals surface area (Å²) in [6.45, 7) is 10.4. The van der Waals surface area contributed by atoms with Crippen molar-refractivity contribution in [3.8, 4) is 0 Å². The number of carbonyl (C=O) groups excluding carboxylic acids is 1. The molecule has 0 aliphatic carbocycles. The highest BCUT2D eigenvalue weighted by Gasteiger charge is 2.19. The molecule has 1 fully saturated rings. The van der Waals surface area contributed by atoms with Gasteiger partial charge in [0.25, 0.3) is 0 Å². The topological polar surface area (TPSA) is 55.8 Å². The number of nitrogens with one attached hydrogen (secondary N) is 1. The molecule has 1 rings (SSSR count). The van der Waals surface area contributed by atoms with Crippen molar-refractivity contribution in [3.05, 3.63) is 0 Å². The van der Waals surface area contributed by atoms with Gasteiger partial charge in [0.2, 0.25) is 0 Å². The van der Waals surface area contributed by atoms with Crippen LogP contribution in [0.3, 0.4) is 0 Å². The Balaban J connectivity index is 2.04. The third-order valence-corrected chi connectivity index (χ3v) is 4.02. The molecule has 21 heavy (non-hydrogen) atoms. The van der Waals surface area contributed by atoms with Gasteiger partial charge in [0.1, 0.15) is 0 Å². The number of piperidine rings is 1. The lowest BCUT2D eigenvalue weighted by Crippen LogP contribution is -2.44. The van der Waals surface area contributed by atoms with Crippen molar-refractivity contribution in [1.82, 2.24) is 15.1 Å². The average molecular weight is 299 g/mol. The summed E-state index contributed by atoms with van der Waals surface area (Å²) in [5.74, 6) is 0.881. The van der Waals surface area contributed by atoms with E-state index in [1.807, 2.05) is 0 Å². The number of hydrogen-bond donors (Lipinski definition) is 2. The van der Waals surface area contributed by atoms with E-state index in [0.29, 0.717) is 13.1 Å². The van der Waals surface area contributed by atoms with E-state index in [-0.39, 0.29) is 6.03 Å². The third-order valence-electron chi connectivity index (χ3n) is 4.02. The van der Waals surface area contributed by atoms with Gasteiger partial charge in [-0.3, -0.25) is 0 Å². The first-order valence-corrected chi connectivity index (χ1v) is 8.21. The lowest BCUT2D eigenvalue weighted by Gasteiger charge is -2.30. The molecule has 0 saturated carbocycles. The molecule has 124 valence electrons. The summed E-state index contributed by atoms with van der Waals surface area (Å²) in [6, 6.07) is -0.107. The Labute approximate surface area is 129 Å². The molecule has 0 aromatic rings. The number of likely N-dealkylation sites (tertiary alicyclic amines) is 1. The number of rotatable bonds is 7. The van der Waals surface area contributed by atoms with Gasteiger partial charge in [-0.2, -0.15) is 0 Å². The van der Waals surface area contributed by atoms with Crippen LogP contribution < -0.4 is 5.32 Å². The van der Waals surface area contributed by atoms with E-state index < -0.39 is 5.60 Å². The highest BCUT2D eigenvalue weighted by atomic mass is 16.3. The predicted molar refractivity (Wildman–Crippen MR) is 86.4 cm³/mol. The van der Waals surface area contributed by atoms with Crippen molar-refractivity contribution in [1.29, 1.82) is 0 Å². The largest absolute Gasteiger partial charge is 0.389 e. The first-order valence-electron chi connectivity index (χ1n) is 8.21. The van der Waals surface area contributed by atoms with Gasteiger partial charge in [0.05, 0.1) is 12.1 Å². The van der Waals surface area contributed by atoms with E-state index in [0.717, 1.165) is 25.3 Å². The molecule has 0 aromatic heterocycles. The Hall–Kier alpha value is -0.810. The molecule has 1 heterocycles. The van der Waals surface area contributed by atoms with Crippen LogP contribution in [0, 0.1) is 5.92 Å². The second-order valence-corrected chi connectivity index (χ2v) is 7.13. The van der Waals surface area contributed by atoms with Gasteiger partial charge in [0.15, 0.2) is 0 Å². The molecule has 0 aromatic carbocycles. The molecule has 0 bridgehead atoms.